The van der Waals surface area contributed by atoms with Crippen molar-refractivity contribution >= 4 is 50.9 Å². The first-order valence-corrected chi connectivity index (χ1v) is 9.90. The van der Waals surface area contributed by atoms with E-state index in [1.165, 1.54) is 11.0 Å². The van der Waals surface area contributed by atoms with E-state index in [1.807, 2.05) is 26.0 Å². The molecular formula is C20H19BrN2O4S. The topological polar surface area (TPSA) is 71.0 Å². The van der Waals surface area contributed by atoms with Crippen molar-refractivity contribution in [3.05, 3.63) is 52.1 Å². The zero-order valence-electron chi connectivity index (χ0n) is 15.4. The lowest BCUT2D eigenvalue weighted by atomic mass is 10.1. The number of ether oxygens (including phenoxy) is 2. The maximum atomic E-state index is 13.0. The SMILES string of the molecule is CCOc1cc(/C=C2/NC(=S)N(c3ccccc3OCC)C2=O)c(Br)cc1O. The molecule has 0 radical (unpaired) electrons. The molecule has 0 bridgehead atoms. The Morgan fingerprint density at radius 3 is 2.57 bits per heavy atom. The predicted molar refractivity (Wildman–Crippen MR) is 116 cm³/mol. The van der Waals surface area contributed by atoms with E-state index in [0.29, 0.717) is 46.1 Å². The van der Waals surface area contributed by atoms with Crippen molar-refractivity contribution in [3.63, 3.8) is 0 Å². The van der Waals surface area contributed by atoms with E-state index >= 15 is 0 Å². The number of nitrogens with one attached hydrogen (secondary N) is 1. The molecule has 1 saturated heterocycles. The first-order valence-electron chi connectivity index (χ1n) is 8.70. The van der Waals surface area contributed by atoms with Gasteiger partial charge in [0.25, 0.3) is 5.91 Å². The van der Waals surface area contributed by atoms with Crippen molar-refractivity contribution in [3.8, 4) is 17.2 Å². The van der Waals surface area contributed by atoms with Gasteiger partial charge in [0.2, 0.25) is 0 Å². The number of nitrogens with zero attached hydrogens (tertiary/aromatic N) is 1. The number of benzene rings is 2. The Balaban J connectivity index is 1.98. The minimum atomic E-state index is -0.296. The number of hydrogen-bond donors (Lipinski definition) is 2. The first kappa shape index (κ1) is 20.2. The molecule has 2 aromatic carbocycles. The van der Waals surface area contributed by atoms with Gasteiger partial charge >= 0.3 is 0 Å². The second-order valence-corrected chi connectivity index (χ2v) is 7.04. The minimum Gasteiger partial charge on any atom is -0.504 e. The van der Waals surface area contributed by atoms with Crippen molar-refractivity contribution < 1.29 is 19.4 Å². The largest absolute Gasteiger partial charge is 0.504 e. The molecule has 1 amide bonds. The fourth-order valence-electron chi connectivity index (χ4n) is 2.77. The lowest BCUT2D eigenvalue weighted by molar-refractivity contribution is -0.113. The third-order valence-corrected chi connectivity index (χ3v) is 4.93. The normalized spacial score (nSPS) is 15.1. The molecule has 0 unspecified atom stereocenters. The van der Waals surface area contributed by atoms with Crippen LogP contribution < -0.4 is 19.7 Å². The van der Waals surface area contributed by atoms with Gasteiger partial charge in [-0.15, -0.1) is 0 Å². The molecule has 6 nitrogen and oxygen atoms in total. The predicted octanol–water partition coefficient (Wildman–Crippen LogP) is 4.21. The number of carbonyl (C=O) groups is 1. The molecule has 1 aliphatic heterocycles. The van der Waals surface area contributed by atoms with Crippen LogP contribution in [0.1, 0.15) is 19.4 Å². The fraction of sp³-hybridized carbons (Fsp3) is 0.200. The zero-order valence-corrected chi connectivity index (χ0v) is 17.8. The Hall–Kier alpha value is -2.58. The Bertz CT molecular complexity index is 961. The van der Waals surface area contributed by atoms with Crippen LogP contribution in [0.2, 0.25) is 0 Å². The highest BCUT2D eigenvalue weighted by Gasteiger charge is 2.33. The van der Waals surface area contributed by atoms with Crippen LogP contribution in [0.25, 0.3) is 6.08 Å². The van der Waals surface area contributed by atoms with Gasteiger partial charge in [-0.3, -0.25) is 4.79 Å². The summed E-state index contributed by atoms with van der Waals surface area (Å²) in [5, 5.41) is 13.2. The molecule has 1 heterocycles. The molecule has 2 aromatic rings. The van der Waals surface area contributed by atoms with Gasteiger partial charge in [-0.1, -0.05) is 28.1 Å². The van der Waals surface area contributed by atoms with E-state index in [9.17, 15) is 9.90 Å². The summed E-state index contributed by atoms with van der Waals surface area (Å²) in [5.74, 6) is 0.636. The summed E-state index contributed by atoms with van der Waals surface area (Å²) in [6.45, 7) is 4.59. The molecular weight excluding hydrogens is 444 g/mol. The molecule has 146 valence electrons. The van der Waals surface area contributed by atoms with E-state index < -0.39 is 0 Å². The van der Waals surface area contributed by atoms with Crippen LogP contribution >= 0.6 is 28.1 Å². The Labute approximate surface area is 176 Å². The van der Waals surface area contributed by atoms with E-state index in [-0.39, 0.29) is 16.8 Å². The number of aromatic hydroxyl groups is 1. The quantitative estimate of drug-likeness (QED) is 0.494. The molecule has 0 aromatic heterocycles. The Kier molecular flexibility index (Phi) is 6.21. The van der Waals surface area contributed by atoms with Crippen LogP contribution in [0.3, 0.4) is 0 Å². The number of rotatable bonds is 6. The van der Waals surface area contributed by atoms with Crippen molar-refractivity contribution in [2.45, 2.75) is 13.8 Å². The number of thiocarbonyl (C=S) groups is 1. The van der Waals surface area contributed by atoms with Crippen LogP contribution in [0.4, 0.5) is 5.69 Å². The summed E-state index contributed by atoms with van der Waals surface area (Å²) in [6.07, 6.45) is 1.66. The number of halogens is 1. The molecule has 8 heteroatoms. The molecule has 0 aliphatic carbocycles. The average molecular weight is 463 g/mol. The van der Waals surface area contributed by atoms with Crippen LogP contribution in [-0.4, -0.2) is 29.3 Å². The van der Waals surface area contributed by atoms with Gasteiger partial charge in [0.1, 0.15) is 11.4 Å². The number of anilines is 1. The second-order valence-electron chi connectivity index (χ2n) is 5.80. The lowest BCUT2D eigenvalue weighted by Crippen LogP contribution is -2.30. The van der Waals surface area contributed by atoms with Crippen LogP contribution in [0.15, 0.2) is 46.6 Å². The Morgan fingerprint density at radius 2 is 1.86 bits per heavy atom. The zero-order chi connectivity index (χ0) is 20.3. The summed E-state index contributed by atoms with van der Waals surface area (Å²) >= 11 is 8.78. The average Bonchev–Trinajstić information content (AvgIpc) is 2.93. The molecule has 3 rings (SSSR count). The van der Waals surface area contributed by atoms with E-state index in [0.717, 1.165) is 0 Å². The molecule has 1 fully saturated rings. The number of phenols is 1. The number of phenolic OH excluding ortho intramolecular Hbond substituents is 1. The summed E-state index contributed by atoms with van der Waals surface area (Å²) in [5.41, 5.74) is 1.56. The highest BCUT2D eigenvalue weighted by Crippen LogP contribution is 2.35. The highest BCUT2D eigenvalue weighted by atomic mass is 79.9. The van der Waals surface area contributed by atoms with E-state index in [2.05, 4.69) is 21.2 Å². The lowest BCUT2D eigenvalue weighted by Gasteiger charge is -2.18. The number of hydrogen-bond acceptors (Lipinski definition) is 5. The van der Waals surface area contributed by atoms with Crippen molar-refractivity contribution in [2.24, 2.45) is 0 Å². The van der Waals surface area contributed by atoms with E-state index in [4.69, 9.17) is 21.7 Å². The first-order chi connectivity index (χ1) is 13.5. The summed E-state index contributed by atoms with van der Waals surface area (Å²) < 4.78 is 11.7. The molecule has 28 heavy (non-hydrogen) atoms. The minimum absolute atomic E-state index is 0.0179. The third-order valence-electron chi connectivity index (χ3n) is 3.96. The van der Waals surface area contributed by atoms with E-state index in [1.54, 1.807) is 24.3 Å². The monoisotopic (exact) mass is 462 g/mol. The van der Waals surface area contributed by atoms with Gasteiger partial charge in [0, 0.05) is 4.47 Å². The molecule has 0 atom stereocenters. The van der Waals surface area contributed by atoms with Crippen molar-refractivity contribution in [1.82, 2.24) is 5.32 Å². The summed E-state index contributed by atoms with van der Waals surface area (Å²) in [6, 6.07) is 10.4. The third kappa shape index (κ3) is 3.98. The van der Waals surface area contributed by atoms with Crippen LogP contribution in [0.5, 0.6) is 17.2 Å². The Morgan fingerprint density at radius 1 is 1.18 bits per heavy atom. The van der Waals surface area contributed by atoms with Gasteiger partial charge in [-0.25, -0.2) is 4.90 Å². The molecule has 1 aliphatic rings. The summed E-state index contributed by atoms with van der Waals surface area (Å²) in [4.78, 5) is 14.4. The second kappa shape index (κ2) is 8.62. The smallest absolute Gasteiger partial charge is 0.281 e. The van der Waals surface area contributed by atoms with Crippen molar-refractivity contribution in [2.75, 3.05) is 18.1 Å². The van der Waals surface area contributed by atoms with Gasteiger partial charge < -0.3 is 19.9 Å². The maximum Gasteiger partial charge on any atom is 0.281 e. The standard InChI is InChI=1S/C20H19BrN2O4S/c1-3-26-17-8-6-5-7-15(17)23-19(25)14(22-20(23)28)9-12-10-18(27-4-2)16(24)11-13(12)21/h5-11,24H,3-4H2,1-2H3,(H,22,28)/b14-9+. The fourth-order valence-corrected chi connectivity index (χ4v) is 3.51. The van der Waals surface area contributed by atoms with Crippen LogP contribution in [0, 0.1) is 0 Å². The van der Waals surface area contributed by atoms with Gasteiger partial charge in [-0.05, 0) is 62.0 Å². The number of carbonyl (C=O) groups excluding carboxylic acids is 1. The number of amides is 1. The van der Waals surface area contributed by atoms with Crippen molar-refractivity contribution in [1.29, 1.82) is 0 Å². The maximum absolute atomic E-state index is 13.0. The van der Waals surface area contributed by atoms with Gasteiger partial charge in [0.05, 0.1) is 18.9 Å². The summed E-state index contributed by atoms with van der Waals surface area (Å²) in [7, 11) is 0. The van der Waals surface area contributed by atoms with Gasteiger partial charge in [-0.2, -0.15) is 0 Å². The molecule has 0 saturated carbocycles. The van der Waals surface area contributed by atoms with Gasteiger partial charge in [0.15, 0.2) is 16.6 Å². The highest BCUT2D eigenvalue weighted by molar-refractivity contribution is 9.10. The number of para-hydroxylation sites is 2. The van der Waals surface area contributed by atoms with Crippen LogP contribution in [-0.2, 0) is 4.79 Å². The molecule has 2 N–H and O–H groups in total. The molecule has 0 spiro atoms.